The molecular formula is C33H34N4O7. The Hall–Kier alpha value is -5.29. The molecule has 1 aliphatic heterocycles. The van der Waals surface area contributed by atoms with Crippen molar-refractivity contribution in [3.05, 3.63) is 113 Å². The van der Waals surface area contributed by atoms with Gasteiger partial charge in [-0.3, -0.25) is 24.4 Å². The molecule has 0 spiro atoms. The Bertz CT molecular complexity index is 1490. The number of hydroxylamine groups is 1. The molecule has 3 amide bonds. The van der Waals surface area contributed by atoms with Crippen molar-refractivity contribution in [3.63, 3.8) is 0 Å². The minimum absolute atomic E-state index is 0.0355. The molecule has 0 saturated heterocycles. The van der Waals surface area contributed by atoms with Crippen LogP contribution in [-0.4, -0.2) is 53.2 Å². The number of hydrogen-bond donors (Lipinski definition) is 3. The molecule has 3 aromatic carbocycles. The third-order valence-corrected chi connectivity index (χ3v) is 6.71. The second-order valence-electron chi connectivity index (χ2n) is 10.0. The summed E-state index contributed by atoms with van der Waals surface area (Å²) in [5, 5.41) is 12.6. The van der Waals surface area contributed by atoms with Crippen LogP contribution >= 0.6 is 0 Å². The van der Waals surface area contributed by atoms with E-state index in [0.29, 0.717) is 25.8 Å². The molecule has 44 heavy (non-hydrogen) atoms. The first kappa shape index (κ1) is 31.6. The highest BCUT2D eigenvalue weighted by Gasteiger charge is 2.24. The molecule has 0 unspecified atom stereocenters. The smallest absolute Gasteiger partial charge is 0.306 e. The number of amides is 3. The Labute approximate surface area is 255 Å². The molecular weight excluding hydrogens is 564 g/mol. The predicted octanol–water partition coefficient (Wildman–Crippen LogP) is 4.08. The van der Waals surface area contributed by atoms with Gasteiger partial charge < -0.3 is 14.4 Å². The van der Waals surface area contributed by atoms with E-state index in [1.165, 1.54) is 17.8 Å². The van der Waals surface area contributed by atoms with Crippen LogP contribution in [0.1, 0.15) is 58.8 Å². The van der Waals surface area contributed by atoms with Crippen molar-refractivity contribution in [2.45, 2.75) is 38.3 Å². The van der Waals surface area contributed by atoms with Crippen LogP contribution < -0.4 is 15.6 Å². The van der Waals surface area contributed by atoms with Gasteiger partial charge in [0, 0.05) is 24.9 Å². The minimum Gasteiger partial charge on any atom is -0.484 e. The Balaban J connectivity index is 1.39. The zero-order valence-corrected chi connectivity index (χ0v) is 24.1. The van der Waals surface area contributed by atoms with Crippen molar-refractivity contribution in [2.75, 3.05) is 13.2 Å². The van der Waals surface area contributed by atoms with Gasteiger partial charge in [-0.25, -0.2) is 10.9 Å². The lowest BCUT2D eigenvalue weighted by atomic mass is 10.1. The number of rotatable bonds is 9. The normalized spacial score (nSPS) is 16.8. The third-order valence-electron chi connectivity index (χ3n) is 6.71. The van der Waals surface area contributed by atoms with Gasteiger partial charge in [0.25, 0.3) is 11.8 Å². The summed E-state index contributed by atoms with van der Waals surface area (Å²) < 4.78 is 11.0. The zero-order chi connectivity index (χ0) is 31.1. The first-order valence-electron chi connectivity index (χ1n) is 14.2. The van der Waals surface area contributed by atoms with E-state index in [-0.39, 0.29) is 36.2 Å². The van der Waals surface area contributed by atoms with Gasteiger partial charge in [0.2, 0.25) is 5.91 Å². The Morgan fingerprint density at radius 3 is 2.48 bits per heavy atom. The molecule has 0 aromatic heterocycles. The number of nitrogens with one attached hydrogen (secondary N) is 2. The maximum absolute atomic E-state index is 13.2. The van der Waals surface area contributed by atoms with E-state index in [9.17, 15) is 19.2 Å². The number of esters is 1. The predicted molar refractivity (Wildman–Crippen MR) is 162 cm³/mol. The summed E-state index contributed by atoms with van der Waals surface area (Å²) in [6.45, 7) is 0.157. The standard InChI is InChI=1S/C33H34N4O7/c38-30(36-42)23-43-28-12-8-11-27(19-28)33(41)35-34-20-24-15-17-25(18-16-24)21-37-22-29(26-9-4-3-5-10-26)44-32(40)14-7-2-1-6-13-31(37)39/h1-5,8-12,15-20,29,42H,6-7,13-14,21-23H2,(H,35,41)(H,36,38)/b2-1+,34-20+/t29-/m0/s1. The van der Waals surface area contributed by atoms with Crippen LogP contribution in [0.25, 0.3) is 0 Å². The average Bonchev–Trinajstić information content (AvgIpc) is 3.05. The lowest BCUT2D eigenvalue weighted by Crippen LogP contribution is -2.35. The van der Waals surface area contributed by atoms with E-state index in [0.717, 1.165) is 16.7 Å². The van der Waals surface area contributed by atoms with Gasteiger partial charge in [0.15, 0.2) is 6.61 Å². The number of ether oxygens (including phenoxy) is 2. The second-order valence-corrected chi connectivity index (χ2v) is 10.0. The number of carbonyl (C=O) groups is 4. The number of carbonyl (C=O) groups excluding carboxylic acids is 4. The summed E-state index contributed by atoms with van der Waals surface area (Å²) in [5.41, 5.74) is 6.62. The maximum Gasteiger partial charge on any atom is 0.306 e. The van der Waals surface area contributed by atoms with Gasteiger partial charge in [-0.05, 0) is 47.7 Å². The fraction of sp³-hybridized carbons (Fsp3) is 0.242. The van der Waals surface area contributed by atoms with Crippen LogP contribution in [0.15, 0.2) is 96.1 Å². The average molecular weight is 599 g/mol. The van der Waals surface area contributed by atoms with Gasteiger partial charge >= 0.3 is 5.97 Å². The fourth-order valence-corrected chi connectivity index (χ4v) is 4.42. The number of hydrazone groups is 1. The van der Waals surface area contributed by atoms with Crippen molar-refractivity contribution < 1.29 is 33.9 Å². The summed E-state index contributed by atoms with van der Waals surface area (Å²) in [7, 11) is 0. The van der Waals surface area contributed by atoms with E-state index in [1.807, 2.05) is 66.7 Å². The number of allylic oxidation sites excluding steroid dienone is 2. The van der Waals surface area contributed by atoms with E-state index in [4.69, 9.17) is 14.7 Å². The fourth-order valence-electron chi connectivity index (χ4n) is 4.42. The highest BCUT2D eigenvalue weighted by molar-refractivity contribution is 5.95. The number of cyclic esters (lactones) is 1. The van der Waals surface area contributed by atoms with Crippen LogP contribution in [0.2, 0.25) is 0 Å². The van der Waals surface area contributed by atoms with Crippen molar-refractivity contribution in [3.8, 4) is 5.75 Å². The van der Waals surface area contributed by atoms with Crippen LogP contribution in [0, 0.1) is 0 Å². The van der Waals surface area contributed by atoms with E-state index >= 15 is 0 Å². The molecule has 0 aliphatic carbocycles. The van der Waals surface area contributed by atoms with Crippen LogP contribution in [-0.2, 0) is 25.7 Å². The topological polar surface area (TPSA) is 147 Å². The largest absolute Gasteiger partial charge is 0.484 e. The number of hydrogen-bond acceptors (Lipinski definition) is 8. The lowest BCUT2D eigenvalue weighted by Gasteiger charge is -2.28. The van der Waals surface area contributed by atoms with Crippen LogP contribution in [0.3, 0.4) is 0 Å². The van der Waals surface area contributed by atoms with Crippen molar-refractivity contribution in [1.29, 1.82) is 0 Å². The molecule has 1 atom stereocenters. The van der Waals surface area contributed by atoms with E-state index in [2.05, 4.69) is 10.5 Å². The van der Waals surface area contributed by atoms with Crippen LogP contribution in [0.5, 0.6) is 5.75 Å². The first-order chi connectivity index (χ1) is 21.4. The quantitative estimate of drug-likeness (QED) is 0.111. The highest BCUT2D eigenvalue weighted by atomic mass is 16.5. The molecule has 3 aromatic rings. The van der Waals surface area contributed by atoms with Crippen molar-refractivity contribution >= 4 is 29.9 Å². The van der Waals surface area contributed by atoms with Crippen LogP contribution in [0.4, 0.5) is 0 Å². The number of nitrogens with zero attached hydrogens (tertiary/aromatic N) is 2. The van der Waals surface area contributed by atoms with Gasteiger partial charge in [0.1, 0.15) is 11.9 Å². The lowest BCUT2D eigenvalue weighted by molar-refractivity contribution is -0.152. The summed E-state index contributed by atoms with van der Waals surface area (Å²) in [6, 6.07) is 23.0. The maximum atomic E-state index is 13.2. The second kappa shape index (κ2) is 16.4. The molecule has 0 radical (unpaired) electrons. The monoisotopic (exact) mass is 598 g/mol. The van der Waals surface area contributed by atoms with Crippen molar-refractivity contribution in [2.24, 2.45) is 5.10 Å². The molecule has 1 aliphatic rings. The Kier molecular flexibility index (Phi) is 11.8. The van der Waals surface area contributed by atoms with Crippen molar-refractivity contribution in [1.82, 2.24) is 15.8 Å². The summed E-state index contributed by atoms with van der Waals surface area (Å²) >= 11 is 0. The molecule has 0 saturated carbocycles. The van der Waals surface area contributed by atoms with E-state index < -0.39 is 24.5 Å². The third kappa shape index (κ3) is 9.92. The van der Waals surface area contributed by atoms with Gasteiger partial charge in [-0.15, -0.1) is 0 Å². The highest BCUT2D eigenvalue weighted by Crippen LogP contribution is 2.23. The summed E-state index contributed by atoms with van der Waals surface area (Å²) in [6.07, 6.45) is 6.55. The SMILES string of the molecule is O=C(COc1cccc(C(=O)N/N=C/c2ccc(CN3C[C@@H](c4ccccc4)OC(=O)CC/C=C/CCC3=O)cc2)c1)NO. The minimum atomic E-state index is -0.722. The molecule has 228 valence electrons. The first-order valence-corrected chi connectivity index (χ1v) is 14.2. The van der Waals surface area contributed by atoms with Gasteiger partial charge in [-0.1, -0.05) is 72.8 Å². The van der Waals surface area contributed by atoms with Gasteiger partial charge in [0.05, 0.1) is 12.8 Å². The summed E-state index contributed by atoms with van der Waals surface area (Å²) in [4.78, 5) is 51.1. The van der Waals surface area contributed by atoms with E-state index in [1.54, 1.807) is 23.1 Å². The zero-order valence-electron chi connectivity index (χ0n) is 24.1. The number of benzene rings is 3. The molecule has 0 bridgehead atoms. The molecule has 4 rings (SSSR count). The molecule has 1 heterocycles. The summed E-state index contributed by atoms with van der Waals surface area (Å²) in [5.74, 6) is -1.26. The molecule has 3 N–H and O–H groups in total. The Morgan fingerprint density at radius 1 is 0.977 bits per heavy atom. The Morgan fingerprint density at radius 2 is 1.73 bits per heavy atom. The van der Waals surface area contributed by atoms with Gasteiger partial charge in [-0.2, -0.15) is 5.10 Å². The molecule has 11 nitrogen and oxygen atoms in total. The molecule has 11 heteroatoms. The molecule has 0 fully saturated rings.